The number of ether oxygens (including phenoxy) is 1. The minimum Gasteiger partial charge on any atom is -0.496 e. The summed E-state index contributed by atoms with van der Waals surface area (Å²) in [6.45, 7) is 0. The summed E-state index contributed by atoms with van der Waals surface area (Å²) in [6.07, 6.45) is 0. The van der Waals surface area contributed by atoms with E-state index >= 15 is 0 Å². The Kier molecular flexibility index (Phi) is 5.04. The molecule has 1 atom stereocenters. The van der Waals surface area contributed by atoms with Gasteiger partial charge in [0, 0.05) is 15.6 Å². The minimum atomic E-state index is -0.847. The summed E-state index contributed by atoms with van der Waals surface area (Å²) in [7, 11) is 1.49. The van der Waals surface area contributed by atoms with Crippen LogP contribution >= 0.6 is 43.5 Å². The molecule has 0 amide bonds. The quantitative estimate of drug-likeness (QED) is 0.444. The maximum Gasteiger partial charge on any atom is 0.137 e. The third kappa shape index (κ3) is 3.15. The second-order valence-electron chi connectivity index (χ2n) is 4.04. The summed E-state index contributed by atoms with van der Waals surface area (Å²) in [5, 5.41) is -0.847. The third-order valence-electron chi connectivity index (χ3n) is 2.78. The lowest BCUT2D eigenvalue weighted by atomic mass is 10.0. The number of hydrogen-bond acceptors (Lipinski definition) is 1. The SMILES string of the molecule is COc1cc(Br)ccc1C(Cl)c1cc(F)c(Br)cc1F. The van der Waals surface area contributed by atoms with Crippen LogP contribution in [0.1, 0.15) is 16.5 Å². The van der Waals surface area contributed by atoms with Gasteiger partial charge in [-0.25, -0.2) is 8.78 Å². The maximum atomic E-state index is 14.0. The molecule has 0 radical (unpaired) electrons. The molecular weight excluding hydrogens is 417 g/mol. The molecule has 2 rings (SSSR count). The standard InChI is InChI=1S/C14H9Br2ClF2O/c1-20-13-4-7(15)2-3-8(13)14(17)9-5-12(19)10(16)6-11(9)18/h2-6,14H,1H3. The molecule has 0 fully saturated rings. The van der Waals surface area contributed by atoms with Crippen molar-refractivity contribution < 1.29 is 13.5 Å². The van der Waals surface area contributed by atoms with E-state index in [9.17, 15) is 8.78 Å². The average Bonchev–Trinajstić information content (AvgIpc) is 2.42. The Bertz CT molecular complexity index is 649. The van der Waals surface area contributed by atoms with E-state index in [1.54, 1.807) is 18.2 Å². The van der Waals surface area contributed by atoms with Crippen molar-refractivity contribution in [3.05, 3.63) is 62.0 Å². The van der Waals surface area contributed by atoms with E-state index in [4.69, 9.17) is 16.3 Å². The zero-order valence-electron chi connectivity index (χ0n) is 10.3. The lowest BCUT2D eigenvalue weighted by Crippen LogP contribution is -2.01. The van der Waals surface area contributed by atoms with Crippen molar-refractivity contribution >= 4 is 43.5 Å². The number of halogens is 5. The highest BCUT2D eigenvalue weighted by molar-refractivity contribution is 9.10. The molecule has 0 aliphatic carbocycles. The second-order valence-corrected chi connectivity index (χ2v) is 6.24. The van der Waals surface area contributed by atoms with Gasteiger partial charge in [0.1, 0.15) is 17.4 Å². The van der Waals surface area contributed by atoms with Crippen LogP contribution in [0.15, 0.2) is 39.3 Å². The average molecular weight is 426 g/mol. The van der Waals surface area contributed by atoms with Crippen molar-refractivity contribution in [2.75, 3.05) is 7.11 Å². The van der Waals surface area contributed by atoms with Crippen LogP contribution in [-0.4, -0.2) is 7.11 Å². The predicted octanol–water partition coefficient (Wildman–Crippen LogP) is 5.83. The molecule has 0 saturated carbocycles. The fraction of sp³-hybridized carbons (Fsp3) is 0.143. The van der Waals surface area contributed by atoms with Crippen molar-refractivity contribution in [3.8, 4) is 5.75 Å². The number of benzene rings is 2. The third-order valence-corrected chi connectivity index (χ3v) is 4.35. The largest absolute Gasteiger partial charge is 0.496 e. The summed E-state index contributed by atoms with van der Waals surface area (Å²) >= 11 is 12.5. The Morgan fingerprint density at radius 3 is 2.40 bits per heavy atom. The summed E-state index contributed by atoms with van der Waals surface area (Å²) in [4.78, 5) is 0. The molecule has 1 unspecified atom stereocenters. The number of hydrogen-bond donors (Lipinski definition) is 0. The molecule has 0 aromatic heterocycles. The molecule has 6 heteroatoms. The van der Waals surface area contributed by atoms with Gasteiger partial charge >= 0.3 is 0 Å². The summed E-state index contributed by atoms with van der Waals surface area (Å²) < 4.78 is 33.6. The van der Waals surface area contributed by atoms with E-state index < -0.39 is 17.0 Å². The molecule has 1 nitrogen and oxygen atoms in total. The molecule has 0 bridgehead atoms. The Morgan fingerprint density at radius 1 is 1.05 bits per heavy atom. The van der Waals surface area contributed by atoms with Gasteiger partial charge in [-0.15, -0.1) is 11.6 Å². The molecule has 0 aliphatic rings. The minimum absolute atomic E-state index is 0.0605. The van der Waals surface area contributed by atoms with Crippen molar-refractivity contribution in [3.63, 3.8) is 0 Å². The van der Waals surface area contributed by atoms with Crippen molar-refractivity contribution in [2.24, 2.45) is 0 Å². The Morgan fingerprint density at radius 2 is 1.75 bits per heavy atom. The number of methoxy groups -OCH3 is 1. The van der Waals surface area contributed by atoms with Gasteiger partial charge in [0.2, 0.25) is 0 Å². The number of rotatable bonds is 3. The van der Waals surface area contributed by atoms with E-state index in [1.807, 2.05) is 0 Å². The van der Waals surface area contributed by atoms with Gasteiger partial charge in [0.05, 0.1) is 17.0 Å². The first kappa shape index (κ1) is 15.7. The molecule has 2 aromatic carbocycles. The lowest BCUT2D eigenvalue weighted by Gasteiger charge is -2.16. The van der Waals surface area contributed by atoms with E-state index in [2.05, 4.69) is 31.9 Å². The number of alkyl halides is 1. The molecule has 0 spiro atoms. The molecular formula is C14H9Br2ClF2O. The van der Waals surface area contributed by atoms with Gasteiger partial charge in [-0.05, 0) is 40.2 Å². The van der Waals surface area contributed by atoms with Crippen LogP contribution < -0.4 is 4.74 Å². The maximum absolute atomic E-state index is 14.0. The first-order chi connectivity index (χ1) is 9.43. The summed E-state index contributed by atoms with van der Waals surface area (Å²) in [5.41, 5.74) is 0.631. The zero-order valence-corrected chi connectivity index (χ0v) is 14.2. The fourth-order valence-electron chi connectivity index (χ4n) is 1.79. The highest BCUT2D eigenvalue weighted by atomic mass is 79.9. The first-order valence-corrected chi connectivity index (χ1v) is 7.58. The van der Waals surface area contributed by atoms with Crippen LogP contribution in [0, 0.1) is 11.6 Å². The first-order valence-electron chi connectivity index (χ1n) is 5.56. The normalized spacial score (nSPS) is 12.3. The van der Waals surface area contributed by atoms with Crippen molar-refractivity contribution in [2.45, 2.75) is 5.38 Å². The smallest absolute Gasteiger partial charge is 0.137 e. The van der Waals surface area contributed by atoms with Crippen LogP contribution in [0.4, 0.5) is 8.78 Å². The van der Waals surface area contributed by atoms with E-state index in [-0.39, 0.29) is 10.0 Å². The summed E-state index contributed by atoms with van der Waals surface area (Å²) in [6, 6.07) is 7.34. The van der Waals surface area contributed by atoms with Crippen molar-refractivity contribution in [1.29, 1.82) is 0 Å². The lowest BCUT2D eigenvalue weighted by molar-refractivity contribution is 0.409. The monoisotopic (exact) mass is 424 g/mol. The fourth-order valence-corrected chi connectivity index (χ4v) is 2.80. The van der Waals surface area contributed by atoms with Crippen LogP contribution in [0.5, 0.6) is 5.75 Å². The topological polar surface area (TPSA) is 9.23 Å². The van der Waals surface area contributed by atoms with Gasteiger partial charge in [0.15, 0.2) is 0 Å². The Labute approximate surface area is 137 Å². The van der Waals surface area contributed by atoms with Gasteiger partial charge in [-0.2, -0.15) is 0 Å². The van der Waals surface area contributed by atoms with Gasteiger partial charge in [0.25, 0.3) is 0 Å². The Hall–Kier alpha value is -0.650. The Balaban J connectivity index is 2.51. The molecule has 106 valence electrons. The molecule has 20 heavy (non-hydrogen) atoms. The summed E-state index contributed by atoms with van der Waals surface area (Å²) in [5.74, 6) is -0.645. The van der Waals surface area contributed by atoms with Crippen LogP contribution in [0.25, 0.3) is 0 Å². The highest BCUT2D eigenvalue weighted by Gasteiger charge is 2.21. The van der Waals surface area contributed by atoms with Crippen LogP contribution in [0.2, 0.25) is 0 Å². The molecule has 0 aliphatic heterocycles. The second kappa shape index (κ2) is 6.41. The molecule has 2 aromatic rings. The molecule has 0 N–H and O–H groups in total. The molecule has 0 heterocycles. The highest BCUT2D eigenvalue weighted by Crippen LogP contribution is 2.38. The van der Waals surface area contributed by atoms with Gasteiger partial charge in [-0.1, -0.05) is 22.0 Å². The molecule has 0 saturated heterocycles. The van der Waals surface area contributed by atoms with E-state index in [0.29, 0.717) is 11.3 Å². The predicted molar refractivity (Wildman–Crippen MR) is 82.4 cm³/mol. The van der Waals surface area contributed by atoms with E-state index in [0.717, 1.165) is 16.6 Å². The van der Waals surface area contributed by atoms with Gasteiger partial charge in [-0.3, -0.25) is 0 Å². The van der Waals surface area contributed by atoms with Crippen molar-refractivity contribution in [1.82, 2.24) is 0 Å². The van der Waals surface area contributed by atoms with Gasteiger partial charge < -0.3 is 4.74 Å². The van der Waals surface area contributed by atoms with Crippen LogP contribution in [0.3, 0.4) is 0 Å². The van der Waals surface area contributed by atoms with Crippen LogP contribution in [-0.2, 0) is 0 Å². The van der Waals surface area contributed by atoms with E-state index in [1.165, 1.54) is 7.11 Å². The zero-order chi connectivity index (χ0) is 14.9.